The Morgan fingerprint density at radius 3 is 1.37 bits per heavy atom. The second-order valence-electron chi connectivity index (χ2n) is 22.5. The van der Waals surface area contributed by atoms with E-state index in [0.29, 0.717) is 40.6 Å². The number of nitrogen functional groups attached to an aromatic ring is 1. The second-order valence-corrected chi connectivity index (χ2v) is 22.5. The molecule has 9 N–H and O–H groups in total. The van der Waals surface area contributed by atoms with Crippen LogP contribution >= 0.6 is 0 Å². The maximum Gasteiger partial charge on any atom is 0.435 e. The quantitative estimate of drug-likeness (QED) is 0.0270. The predicted octanol–water partition coefficient (Wildman–Crippen LogP) is 13.3. The first-order valence-electron chi connectivity index (χ1n) is 30.3. The van der Waals surface area contributed by atoms with E-state index in [1.54, 1.807) is 60.5 Å². The van der Waals surface area contributed by atoms with Crippen LogP contribution in [-0.4, -0.2) is 107 Å². The SMILES string of the molecule is Cc1ccn(-c2ccc(N)cc2-n2ccc(C(F)(F)F)n2)n1.Cc1ccn(-c2ccc([N+](=O)[O-])cc2-n2ccc(C(F)(F)F)n2)n1.Cc1ccn[nH]1.NC(=O)c1cnc(N[C@@H]2CCCC[C@@H]2N)nc1Nc1ccc(-n2ccc(C(F)(F)F)n2)c(-n2ccc(C(F)(F)F)n2)c1.O=[N+]([O-])c1ccc(F)c(F)c1. The number of alkyl halides is 12. The van der Waals surface area contributed by atoms with Gasteiger partial charge in [-0.1, -0.05) is 12.8 Å². The van der Waals surface area contributed by atoms with Gasteiger partial charge in [-0.15, -0.1) is 0 Å². The number of aromatic nitrogens is 16. The number of nitrogens with two attached hydrogens (primary N) is 3. The van der Waals surface area contributed by atoms with Gasteiger partial charge in [0.05, 0.1) is 61.4 Å². The molecule has 1 aliphatic carbocycles. The van der Waals surface area contributed by atoms with Crippen LogP contribution in [0.25, 0.3) is 34.1 Å². The zero-order valence-electron chi connectivity index (χ0n) is 54.2. The first-order valence-corrected chi connectivity index (χ1v) is 30.3. The lowest BCUT2D eigenvalue weighted by atomic mass is 9.91. The fourth-order valence-corrected chi connectivity index (χ4v) is 9.73. The van der Waals surface area contributed by atoms with Gasteiger partial charge < -0.3 is 27.8 Å². The van der Waals surface area contributed by atoms with E-state index < -0.39 is 80.6 Å². The highest BCUT2D eigenvalue weighted by atomic mass is 19.4. The zero-order chi connectivity index (χ0) is 76.5. The van der Waals surface area contributed by atoms with Crippen LogP contribution in [-0.2, 0) is 24.7 Å². The molecule has 42 heteroatoms. The fraction of sp³-hybridized carbons (Fsp3) is 0.206. The molecule has 550 valence electrons. The topological polar surface area (TPSA) is 367 Å². The number of hydrogen-bond donors (Lipinski definition) is 6. The molecule has 2 atom stereocenters. The summed E-state index contributed by atoms with van der Waals surface area (Å²) in [6, 6.07) is 23.3. The van der Waals surface area contributed by atoms with Gasteiger partial charge in [-0.3, -0.25) is 30.1 Å². The minimum absolute atomic E-state index is 0.0145. The summed E-state index contributed by atoms with van der Waals surface area (Å²) >= 11 is 0. The van der Waals surface area contributed by atoms with Crippen molar-refractivity contribution >= 4 is 40.4 Å². The number of aromatic amines is 1. The number of halogens is 14. The van der Waals surface area contributed by atoms with E-state index in [0.717, 1.165) is 111 Å². The van der Waals surface area contributed by atoms with Crippen LogP contribution in [0.2, 0.25) is 0 Å². The van der Waals surface area contributed by atoms with Gasteiger partial charge in [-0.25, -0.2) is 41.9 Å². The van der Waals surface area contributed by atoms with Gasteiger partial charge in [0, 0.05) is 96.9 Å². The Morgan fingerprint density at radius 2 is 0.962 bits per heavy atom. The summed E-state index contributed by atoms with van der Waals surface area (Å²) in [6.45, 7) is 5.54. The minimum Gasteiger partial charge on any atom is -0.399 e. The summed E-state index contributed by atoms with van der Waals surface area (Å²) in [5.74, 6) is -3.00. The van der Waals surface area contributed by atoms with E-state index in [1.807, 2.05) is 19.9 Å². The Hall–Kier alpha value is -12.9. The van der Waals surface area contributed by atoms with E-state index in [-0.39, 0.29) is 57.9 Å². The van der Waals surface area contributed by atoms with Crippen LogP contribution < -0.4 is 27.8 Å². The van der Waals surface area contributed by atoms with Gasteiger partial charge in [0.1, 0.15) is 11.4 Å². The number of amides is 1. The molecule has 13 rings (SSSR count). The number of nitrogens with one attached hydrogen (secondary N) is 3. The molecule has 28 nitrogen and oxygen atoms in total. The largest absolute Gasteiger partial charge is 0.435 e. The van der Waals surface area contributed by atoms with Crippen molar-refractivity contribution in [3.63, 3.8) is 0 Å². The summed E-state index contributed by atoms with van der Waals surface area (Å²) in [5.41, 5.74) is 16.8. The summed E-state index contributed by atoms with van der Waals surface area (Å²) in [6.07, 6.45) is -4.37. The lowest BCUT2D eigenvalue weighted by Crippen LogP contribution is -2.43. The highest BCUT2D eigenvalue weighted by Gasteiger charge is 2.37. The standard InChI is InChI=1S/C25H24F6N10O.C14H10F3N5O2.C14H12F3N5.C6H3F2NO2.C4H6N2/c26-24(27,28)19-7-9-40(38-19)17-6-5-13(11-18(17)41-10-8-20(39-41)25(29,30)31)35-22-14(21(33)42)12-34-23(37-22)36-16-4-2-1-3-15(16)32;1-9-4-6-20(18-9)11-3-2-10(22(23)24)8-12(11)21-7-5-13(19-21)14(15,16)17;1-9-4-6-21(19-9)11-3-2-10(18)8-12(11)22-7-5-13(20-22)14(15,16)17;7-5-2-1-4(9(10)11)3-6(5)8;1-4-2-3-5-6-4/h5-12,15-16H,1-4,32H2,(H2,33,42)(H2,34,35,36,37);2-8H,1H3;2-8H,18H2,1H3;1-3H;2-3H,1H3,(H,5,6)/t15-,16+;;;;/m0..../s1. The molecule has 12 aromatic rings. The van der Waals surface area contributed by atoms with E-state index in [9.17, 15) is 86.5 Å². The number of nitro groups is 2. The second kappa shape index (κ2) is 31.5. The van der Waals surface area contributed by atoms with Crippen LogP contribution in [0.15, 0.2) is 165 Å². The van der Waals surface area contributed by atoms with Gasteiger partial charge >= 0.3 is 24.7 Å². The summed E-state index contributed by atoms with van der Waals surface area (Å²) in [4.78, 5) is 40.2. The number of anilines is 4. The van der Waals surface area contributed by atoms with Gasteiger partial charge in [0.2, 0.25) is 5.95 Å². The number of benzene rings is 4. The Labute approximate surface area is 581 Å². The molecular formula is C63H55F14N23O5. The molecule has 1 fully saturated rings. The molecule has 105 heavy (non-hydrogen) atoms. The normalized spacial score (nSPS) is 13.7. The maximum absolute atomic E-state index is 13.3. The monoisotopic (exact) mass is 1480 g/mol. The van der Waals surface area contributed by atoms with Crippen LogP contribution in [0.4, 0.5) is 96.0 Å². The Bertz CT molecular complexity index is 5010. The first-order chi connectivity index (χ1) is 49.4. The summed E-state index contributed by atoms with van der Waals surface area (Å²) < 4.78 is 187. The molecule has 0 radical (unpaired) electrons. The van der Waals surface area contributed by atoms with Crippen molar-refractivity contribution < 1.29 is 76.1 Å². The van der Waals surface area contributed by atoms with Crippen molar-refractivity contribution in [3.8, 4) is 34.1 Å². The van der Waals surface area contributed by atoms with Crippen LogP contribution in [0.1, 0.15) is 75.9 Å². The number of nitro benzene ring substituents is 2. The van der Waals surface area contributed by atoms with Gasteiger partial charge in [0.25, 0.3) is 17.3 Å². The van der Waals surface area contributed by atoms with E-state index >= 15 is 0 Å². The van der Waals surface area contributed by atoms with Crippen LogP contribution in [0, 0.1) is 52.6 Å². The van der Waals surface area contributed by atoms with E-state index in [4.69, 9.17) is 17.2 Å². The molecule has 4 aromatic carbocycles. The molecule has 8 heterocycles. The molecule has 0 bridgehead atoms. The Morgan fingerprint density at radius 1 is 0.533 bits per heavy atom. The molecule has 1 amide bonds. The molecule has 0 aliphatic heterocycles. The number of primary amides is 1. The van der Waals surface area contributed by atoms with E-state index in [2.05, 4.69) is 61.4 Å². The molecule has 0 saturated heterocycles. The van der Waals surface area contributed by atoms with Crippen molar-refractivity contribution in [2.45, 2.75) is 83.2 Å². The Balaban J connectivity index is 0.000000172. The lowest BCUT2D eigenvalue weighted by molar-refractivity contribution is -0.385. The first kappa shape index (κ1) is 76.3. The van der Waals surface area contributed by atoms with Crippen LogP contribution in [0.5, 0.6) is 0 Å². The molecule has 0 unspecified atom stereocenters. The lowest BCUT2D eigenvalue weighted by Gasteiger charge is -2.29. The zero-order valence-corrected chi connectivity index (χ0v) is 54.2. The van der Waals surface area contributed by atoms with Crippen LogP contribution in [0.3, 0.4) is 0 Å². The average molecular weight is 1480 g/mol. The third kappa shape index (κ3) is 19.6. The predicted molar refractivity (Wildman–Crippen MR) is 347 cm³/mol. The van der Waals surface area contributed by atoms with Gasteiger partial charge in [0.15, 0.2) is 34.4 Å². The minimum atomic E-state index is -4.77. The summed E-state index contributed by atoms with van der Waals surface area (Å²) in [5, 5.41) is 56.0. The van der Waals surface area contributed by atoms with E-state index in [1.165, 1.54) is 47.4 Å². The van der Waals surface area contributed by atoms with Crippen molar-refractivity contribution in [2.24, 2.45) is 11.5 Å². The van der Waals surface area contributed by atoms with Crippen molar-refractivity contribution in [1.29, 1.82) is 0 Å². The number of H-pyrrole nitrogens is 1. The number of rotatable bonds is 13. The van der Waals surface area contributed by atoms with Gasteiger partial charge in [-0.2, -0.15) is 93.4 Å². The third-order valence-corrected chi connectivity index (χ3v) is 14.8. The van der Waals surface area contributed by atoms with Gasteiger partial charge in [-0.05, 0) is 125 Å². The molecule has 8 aromatic heterocycles. The highest BCUT2D eigenvalue weighted by molar-refractivity contribution is 5.98. The number of non-ortho nitro benzene ring substituents is 2. The number of nitrogens with zero attached hydrogens (tertiary/aromatic N) is 17. The number of carbonyl (C=O) groups is 1. The molecule has 1 aliphatic rings. The Kier molecular flexibility index (Phi) is 22.9. The maximum atomic E-state index is 13.3. The number of aryl methyl sites for hydroxylation is 3. The summed E-state index contributed by atoms with van der Waals surface area (Å²) in [7, 11) is 0. The smallest absolute Gasteiger partial charge is 0.399 e. The molecule has 1 saturated carbocycles. The highest BCUT2D eigenvalue weighted by Crippen LogP contribution is 2.35. The van der Waals surface area contributed by atoms with Crippen molar-refractivity contribution in [3.05, 3.63) is 242 Å². The number of hydrogen-bond acceptors (Lipinski definition) is 18. The number of carbonyl (C=O) groups excluding carboxylic acids is 1. The molecule has 0 spiro atoms. The third-order valence-electron chi connectivity index (χ3n) is 14.8. The molecular weight excluding hydrogens is 1420 g/mol. The average Bonchev–Trinajstić information content (AvgIpc) is 1.73. The van der Waals surface area contributed by atoms with Crippen molar-refractivity contribution in [1.82, 2.24) is 78.8 Å². The van der Waals surface area contributed by atoms with Crippen molar-refractivity contribution in [2.75, 3.05) is 16.4 Å². The fourth-order valence-electron chi connectivity index (χ4n) is 9.73.